The zero-order valence-corrected chi connectivity index (χ0v) is 13.5. The Kier molecular flexibility index (Phi) is 5.63. The normalized spacial score (nSPS) is 12.3. The third kappa shape index (κ3) is 4.75. The van der Waals surface area contributed by atoms with Gasteiger partial charge in [-0.05, 0) is 12.1 Å². The Hall–Kier alpha value is -1.54. The molecule has 0 aliphatic rings. The van der Waals surface area contributed by atoms with Crippen molar-refractivity contribution in [3.63, 3.8) is 0 Å². The van der Waals surface area contributed by atoms with E-state index in [1.54, 1.807) is 24.6 Å². The number of hydrogen-bond donors (Lipinski definition) is 1. The van der Waals surface area contributed by atoms with E-state index in [0.29, 0.717) is 23.8 Å². The maximum Gasteiger partial charge on any atom is 0.287 e. The average Bonchev–Trinajstić information content (AvgIpc) is 3.05. The summed E-state index contributed by atoms with van der Waals surface area (Å²) in [6.45, 7) is 0.375. The van der Waals surface area contributed by atoms with Crippen LogP contribution in [0.4, 0.5) is 0 Å². The molecule has 0 aromatic carbocycles. The molecule has 2 aromatic rings. The highest BCUT2D eigenvalue weighted by molar-refractivity contribution is 7.98. The number of thioether (sulfide) groups is 1. The van der Waals surface area contributed by atoms with E-state index in [1.807, 2.05) is 17.8 Å². The number of carbonyl (C=O) groups excluding carboxylic acids is 1. The van der Waals surface area contributed by atoms with Gasteiger partial charge in [0.25, 0.3) is 5.91 Å². The first kappa shape index (κ1) is 15.8. The van der Waals surface area contributed by atoms with Crippen molar-refractivity contribution in [2.45, 2.75) is 10.9 Å². The van der Waals surface area contributed by atoms with Crippen molar-refractivity contribution in [3.05, 3.63) is 36.0 Å². The fraction of sp³-hybridized carbons (Fsp3) is 0.385. The van der Waals surface area contributed by atoms with Crippen molar-refractivity contribution < 1.29 is 13.4 Å². The average molecular weight is 327 g/mol. The Labute approximate surface area is 129 Å². The number of aryl methyl sites for hydroxylation is 1. The van der Waals surface area contributed by atoms with Crippen molar-refractivity contribution in [2.75, 3.05) is 18.6 Å². The topological polar surface area (TPSA) is 77.1 Å². The smallest absolute Gasteiger partial charge is 0.287 e. The zero-order valence-electron chi connectivity index (χ0n) is 11.9. The third-order valence-electron chi connectivity index (χ3n) is 2.68. The van der Waals surface area contributed by atoms with Crippen LogP contribution in [0.5, 0.6) is 0 Å². The second-order valence-electron chi connectivity index (χ2n) is 4.41. The summed E-state index contributed by atoms with van der Waals surface area (Å²) >= 11 is 1.54. The summed E-state index contributed by atoms with van der Waals surface area (Å²) in [5.74, 6) is 1.75. The van der Waals surface area contributed by atoms with Crippen LogP contribution in [-0.2, 0) is 23.6 Å². The van der Waals surface area contributed by atoms with Gasteiger partial charge in [0.05, 0.1) is 5.75 Å². The molecule has 2 heterocycles. The Morgan fingerprint density at radius 2 is 2.33 bits per heavy atom. The van der Waals surface area contributed by atoms with Gasteiger partial charge in [0.15, 0.2) is 10.9 Å². The lowest BCUT2D eigenvalue weighted by molar-refractivity contribution is 0.0927. The zero-order chi connectivity index (χ0) is 15.2. The molecule has 0 fully saturated rings. The van der Waals surface area contributed by atoms with Crippen LogP contribution in [0.15, 0.2) is 34.1 Å². The van der Waals surface area contributed by atoms with Crippen LogP contribution in [0.3, 0.4) is 0 Å². The lowest BCUT2D eigenvalue weighted by Gasteiger charge is -2.01. The van der Waals surface area contributed by atoms with Crippen molar-refractivity contribution in [2.24, 2.45) is 7.05 Å². The minimum Gasteiger partial charge on any atom is -0.455 e. The number of carbonyl (C=O) groups is 1. The predicted octanol–water partition coefficient (Wildman–Crippen LogP) is 1.41. The summed E-state index contributed by atoms with van der Waals surface area (Å²) in [5, 5.41) is 3.56. The first-order valence-corrected chi connectivity index (χ1v) is 9.04. The van der Waals surface area contributed by atoms with E-state index < -0.39 is 10.8 Å². The molecule has 0 bridgehead atoms. The molecule has 1 amide bonds. The highest BCUT2D eigenvalue weighted by Crippen LogP contribution is 2.21. The molecule has 2 rings (SSSR count). The lowest BCUT2D eigenvalue weighted by atomic mass is 10.4. The van der Waals surface area contributed by atoms with Gasteiger partial charge in [-0.3, -0.25) is 9.00 Å². The minimum absolute atomic E-state index is 0.271. The summed E-state index contributed by atoms with van der Waals surface area (Å²) in [6.07, 6.45) is 5.22. The molecule has 1 atom stereocenters. The third-order valence-corrected chi connectivity index (χ3v) is 4.54. The fourth-order valence-electron chi connectivity index (χ4n) is 1.60. The highest BCUT2D eigenvalue weighted by atomic mass is 32.2. The van der Waals surface area contributed by atoms with E-state index in [2.05, 4.69) is 10.3 Å². The Balaban J connectivity index is 1.84. The van der Waals surface area contributed by atoms with Crippen LogP contribution in [0.2, 0.25) is 0 Å². The summed E-state index contributed by atoms with van der Waals surface area (Å²) in [4.78, 5) is 16.0. The van der Waals surface area contributed by atoms with Gasteiger partial charge < -0.3 is 14.3 Å². The van der Waals surface area contributed by atoms with Gasteiger partial charge in [-0.1, -0.05) is 11.8 Å². The largest absolute Gasteiger partial charge is 0.455 e. The van der Waals surface area contributed by atoms with E-state index >= 15 is 0 Å². The molecule has 0 unspecified atom stereocenters. The van der Waals surface area contributed by atoms with Crippen LogP contribution >= 0.6 is 11.8 Å². The van der Waals surface area contributed by atoms with Crippen molar-refractivity contribution >= 4 is 28.5 Å². The second-order valence-corrected chi connectivity index (χ2v) is 6.91. The first-order valence-electron chi connectivity index (χ1n) is 6.33. The van der Waals surface area contributed by atoms with Gasteiger partial charge in [-0.2, -0.15) is 0 Å². The van der Waals surface area contributed by atoms with Crippen LogP contribution in [0, 0.1) is 0 Å². The summed E-state index contributed by atoms with van der Waals surface area (Å²) in [6, 6.07) is 3.43. The monoisotopic (exact) mass is 327 g/mol. The van der Waals surface area contributed by atoms with Crippen LogP contribution in [0.1, 0.15) is 16.3 Å². The lowest BCUT2D eigenvalue weighted by Crippen LogP contribution is -2.27. The molecular weight excluding hydrogens is 310 g/mol. The molecule has 21 heavy (non-hydrogen) atoms. The van der Waals surface area contributed by atoms with Gasteiger partial charge in [-0.15, -0.1) is 0 Å². The predicted molar refractivity (Wildman–Crippen MR) is 82.7 cm³/mol. The van der Waals surface area contributed by atoms with Crippen molar-refractivity contribution in [3.8, 4) is 0 Å². The number of nitrogens with zero attached hydrogens (tertiary/aromatic N) is 2. The molecule has 0 aliphatic carbocycles. The van der Waals surface area contributed by atoms with Crippen LogP contribution < -0.4 is 5.32 Å². The number of amides is 1. The maximum absolute atomic E-state index is 11.8. The van der Waals surface area contributed by atoms with E-state index in [4.69, 9.17) is 4.42 Å². The van der Waals surface area contributed by atoms with Gasteiger partial charge in [-0.25, -0.2) is 4.98 Å². The SMILES string of the molecule is Cn1ccnc1SCc1ccc(C(=O)NCC[S@](C)=O)o1. The number of furan rings is 1. The van der Waals surface area contributed by atoms with E-state index in [9.17, 15) is 9.00 Å². The number of nitrogens with one attached hydrogen (secondary N) is 1. The van der Waals surface area contributed by atoms with Crippen molar-refractivity contribution in [1.29, 1.82) is 0 Å². The Morgan fingerprint density at radius 3 is 3.00 bits per heavy atom. The van der Waals surface area contributed by atoms with Crippen LogP contribution in [-0.4, -0.2) is 38.2 Å². The van der Waals surface area contributed by atoms with E-state index in [0.717, 1.165) is 5.16 Å². The van der Waals surface area contributed by atoms with E-state index in [-0.39, 0.29) is 11.7 Å². The van der Waals surface area contributed by atoms with Crippen LogP contribution in [0.25, 0.3) is 0 Å². The van der Waals surface area contributed by atoms with Gasteiger partial charge in [0.2, 0.25) is 0 Å². The molecule has 1 N–H and O–H groups in total. The summed E-state index contributed by atoms with van der Waals surface area (Å²) < 4.78 is 18.3. The molecule has 0 saturated heterocycles. The maximum atomic E-state index is 11.8. The van der Waals surface area contributed by atoms with E-state index in [1.165, 1.54) is 11.8 Å². The minimum atomic E-state index is -0.914. The molecule has 2 aromatic heterocycles. The fourth-order valence-corrected chi connectivity index (χ4v) is 2.82. The number of imidazole rings is 1. The van der Waals surface area contributed by atoms with Gasteiger partial charge in [0.1, 0.15) is 5.76 Å². The molecule has 0 spiro atoms. The number of rotatable bonds is 7. The molecule has 0 radical (unpaired) electrons. The molecule has 8 heteroatoms. The summed E-state index contributed by atoms with van der Waals surface area (Å²) in [7, 11) is 1.01. The molecule has 0 saturated carbocycles. The molecule has 114 valence electrons. The molecule has 6 nitrogen and oxygen atoms in total. The highest BCUT2D eigenvalue weighted by Gasteiger charge is 2.11. The quantitative estimate of drug-likeness (QED) is 0.778. The number of hydrogen-bond acceptors (Lipinski definition) is 5. The van der Waals surface area contributed by atoms with Crippen molar-refractivity contribution in [1.82, 2.24) is 14.9 Å². The van der Waals surface area contributed by atoms with Gasteiger partial charge in [0, 0.05) is 48.8 Å². The number of aromatic nitrogens is 2. The van der Waals surface area contributed by atoms with Gasteiger partial charge >= 0.3 is 0 Å². The summed E-state index contributed by atoms with van der Waals surface area (Å²) in [5.41, 5.74) is 0. The first-order chi connectivity index (χ1) is 10.1. The second kappa shape index (κ2) is 7.46. The Morgan fingerprint density at radius 1 is 1.52 bits per heavy atom. The molecule has 0 aliphatic heterocycles. The molecular formula is C13H17N3O3S2. The Bertz CT molecular complexity index is 636. The standard InChI is InChI=1S/C13H17N3O3S2/c1-16-7-5-15-13(16)20-9-10-3-4-11(19-10)12(17)14-6-8-21(2)18/h3-5,7H,6,8-9H2,1-2H3,(H,14,17)/t21-/m0/s1.